The van der Waals surface area contributed by atoms with E-state index in [1.165, 1.54) is 6.07 Å². The third-order valence-corrected chi connectivity index (χ3v) is 4.78. The topological polar surface area (TPSA) is 75.5 Å². The van der Waals surface area contributed by atoms with Crippen LogP contribution in [0.15, 0.2) is 48.5 Å². The third-order valence-electron chi connectivity index (χ3n) is 4.78. The number of nitro benzene ring substituents is 1. The summed E-state index contributed by atoms with van der Waals surface area (Å²) in [5.74, 6) is 0. The van der Waals surface area contributed by atoms with Gasteiger partial charge in [0, 0.05) is 12.6 Å². The molecule has 1 aliphatic rings. The summed E-state index contributed by atoms with van der Waals surface area (Å²) in [4.78, 5) is 25.5. The maximum Gasteiger partial charge on any atom is 0.322 e. The number of hydrogen-bond acceptors (Lipinski definition) is 3. The molecule has 6 nitrogen and oxygen atoms in total. The summed E-state index contributed by atoms with van der Waals surface area (Å²) in [7, 11) is 0. The molecule has 1 heterocycles. The zero-order chi connectivity index (χ0) is 18.5. The fraction of sp³-hybridized carbons (Fsp3) is 0.350. The molecule has 0 unspecified atom stereocenters. The minimum absolute atomic E-state index is 0.0137. The monoisotopic (exact) mass is 353 g/mol. The Kier molecular flexibility index (Phi) is 5.51. The number of nitrogens with one attached hydrogen (secondary N) is 1. The average Bonchev–Trinajstić information content (AvgIpc) is 2.88. The predicted molar refractivity (Wildman–Crippen MR) is 101 cm³/mol. The molecular weight excluding hydrogens is 330 g/mol. The van der Waals surface area contributed by atoms with Crippen LogP contribution in [0.4, 0.5) is 16.2 Å². The first kappa shape index (κ1) is 17.9. The molecule has 1 aliphatic heterocycles. The molecule has 1 atom stereocenters. The molecule has 1 N–H and O–H groups in total. The molecule has 3 rings (SSSR count). The van der Waals surface area contributed by atoms with Crippen LogP contribution in [0.5, 0.6) is 0 Å². The molecule has 0 aromatic heterocycles. The van der Waals surface area contributed by atoms with E-state index in [4.69, 9.17) is 0 Å². The van der Waals surface area contributed by atoms with Gasteiger partial charge in [-0.05, 0) is 31.4 Å². The highest BCUT2D eigenvalue weighted by molar-refractivity contribution is 5.92. The van der Waals surface area contributed by atoms with Crippen molar-refractivity contribution in [1.29, 1.82) is 0 Å². The lowest BCUT2D eigenvalue weighted by molar-refractivity contribution is -0.383. The number of carbonyl (C=O) groups is 1. The van der Waals surface area contributed by atoms with Crippen LogP contribution in [0, 0.1) is 17.0 Å². The van der Waals surface area contributed by atoms with Gasteiger partial charge in [0.25, 0.3) is 5.69 Å². The first-order valence-electron chi connectivity index (χ1n) is 8.94. The normalized spacial score (nSPS) is 17.4. The van der Waals surface area contributed by atoms with Gasteiger partial charge in [0.05, 0.1) is 11.0 Å². The molecule has 2 aromatic rings. The van der Waals surface area contributed by atoms with Gasteiger partial charge >= 0.3 is 6.03 Å². The number of para-hydroxylation sites is 2. The minimum Gasteiger partial charge on any atom is -0.317 e. The largest absolute Gasteiger partial charge is 0.322 e. The van der Waals surface area contributed by atoms with Crippen LogP contribution in [-0.2, 0) is 0 Å². The maximum absolute atomic E-state index is 13.0. The maximum atomic E-state index is 13.0. The molecule has 136 valence electrons. The van der Waals surface area contributed by atoms with Gasteiger partial charge in [0.1, 0.15) is 5.69 Å². The lowest BCUT2D eigenvalue weighted by Crippen LogP contribution is -2.38. The first-order valence-corrected chi connectivity index (χ1v) is 8.94. The molecule has 6 heteroatoms. The number of carbonyl (C=O) groups excluding carboxylic acids is 1. The van der Waals surface area contributed by atoms with Crippen molar-refractivity contribution < 1.29 is 9.72 Å². The summed E-state index contributed by atoms with van der Waals surface area (Å²) in [6, 6.07) is 14.2. The fourth-order valence-corrected chi connectivity index (χ4v) is 3.50. The lowest BCUT2D eigenvalue weighted by Gasteiger charge is -2.30. The summed E-state index contributed by atoms with van der Waals surface area (Å²) >= 11 is 0. The Morgan fingerprint density at radius 1 is 1.15 bits per heavy atom. The van der Waals surface area contributed by atoms with E-state index >= 15 is 0 Å². The van der Waals surface area contributed by atoms with Gasteiger partial charge in [-0.2, -0.15) is 0 Å². The summed E-state index contributed by atoms with van der Waals surface area (Å²) in [5, 5.41) is 13.9. The number of nitrogens with zero attached hydrogens (tertiary/aromatic N) is 2. The second-order valence-corrected chi connectivity index (χ2v) is 6.68. The lowest BCUT2D eigenvalue weighted by atomic mass is 9.99. The van der Waals surface area contributed by atoms with Crippen LogP contribution in [0.1, 0.15) is 42.9 Å². The van der Waals surface area contributed by atoms with E-state index in [2.05, 4.69) is 11.4 Å². The van der Waals surface area contributed by atoms with Crippen LogP contribution in [-0.4, -0.2) is 22.4 Å². The summed E-state index contributed by atoms with van der Waals surface area (Å²) < 4.78 is 0. The molecule has 26 heavy (non-hydrogen) atoms. The molecule has 1 fully saturated rings. The van der Waals surface area contributed by atoms with Crippen LogP contribution in [0.3, 0.4) is 0 Å². The zero-order valence-electron chi connectivity index (χ0n) is 14.9. The quantitative estimate of drug-likeness (QED) is 0.619. The Bertz CT molecular complexity index is 806. The SMILES string of the molecule is Cc1cccc([C@H]2CCCCCN2C(=O)Nc2ccccc2[N+](=O)[O-])c1. The highest BCUT2D eigenvalue weighted by Crippen LogP contribution is 2.32. The highest BCUT2D eigenvalue weighted by Gasteiger charge is 2.28. The van der Waals surface area contributed by atoms with Crippen LogP contribution in [0.25, 0.3) is 0 Å². The van der Waals surface area contributed by atoms with Crippen molar-refractivity contribution in [3.05, 3.63) is 69.8 Å². The van der Waals surface area contributed by atoms with Gasteiger partial charge < -0.3 is 10.2 Å². The molecule has 0 aliphatic carbocycles. The smallest absolute Gasteiger partial charge is 0.317 e. The average molecular weight is 353 g/mol. The Morgan fingerprint density at radius 2 is 1.96 bits per heavy atom. The summed E-state index contributed by atoms with van der Waals surface area (Å²) in [5.41, 5.74) is 2.41. The molecule has 0 spiro atoms. The molecule has 2 amide bonds. The van der Waals surface area contributed by atoms with Crippen molar-refractivity contribution in [2.75, 3.05) is 11.9 Å². The van der Waals surface area contributed by atoms with Gasteiger partial charge in [-0.15, -0.1) is 0 Å². The van der Waals surface area contributed by atoms with Crippen molar-refractivity contribution in [2.24, 2.45) is 0 Å². The number of likely N-dealkylation sites (tertiary alicyclic amines) is 1. The van der Waals surface area contributed by atoms with Crippen molar-refractivity contribution >= 4 is 17.4 Å². The number of urea groups is 1. The van der Waals surface area contributed by atoms with Crippen molar-refractivity contribution in [3.63, 3.8) is 0 Å². The Balaban J connectivity index is 1.86. The Labute approximate surface area is 153 Å². The molecule has 0 radical (unpaired) electrons. The van der Waals surface area contributed by atoms with Gasteiger partial charge in [-0.25, -0.2) is 4.79 Å². The van der Waals surface area contributed by atoms with Crippen molar-refractivity contribution in [3.8, 4) is 0 Å². The molecular formula is C20H23N3O3. The molecule has 1 saturated heterocycles. The second-order valence-electron chi connectivity index (χ2n) is 6.68. The molecule has 0 bridgehead atoms. The van der Waals surface area contributed by atoms with Crippen molar-refractivity contribution in [2.45, 2.75) is 38.6 Å². The Hall–Kier alpha value is -2.89. The standard InChI is InChI=1S/C20H23N3O3/c1-15-8-7-9-16(14-15)18-11-3-2-6-13-22(18)20(24)21-17-10-4-5-12-19(17)23(25)26/h4-5,7-10,12,14,18H,2-3,6,11,13H2,1H3,(H,21,24)/t18-/m1/s1. The summed E-state index contributed by atoms with van der Waals surface area (Å²) in [6.45, 7) is 2.68. The third kappa shape index (κ3) is 4.02. The van der Waals surface area contributed by atoms with Crippen LogP contribution < -0.4 is 5.32 Å². The Morgan fingerprint density at radius 3 is 2.73 bits per heavy atom. The zero-order valence-corrected chi connectivity index (χ0v) is 14.9. The second kappa shape index (κ2) is 7.99. The number of nitro groups is 1. The van der Waals surface area contributed by atoms with E-state index in [9.17, 15) is 14.9 Å². The number of hydrogen-bond donors (Lipinski definition) is 1. The molecule has 0 saturated carbocycles. The van der Waals surface area contributed by atoms with Gasteiger partial charge in [0.15, 0.2) is 0 Å². The number of amides is 2. The predicted octanol–water partition coefficient (Wildman–Crippen LogP) is 5.05. The number of anilines is 1. The van der Waals surface area contributed by atoms with E-state index in [1.807, 2.05) is 30.0 Å². The van der Waals surface area contributed by atoms with E-state index in [0.29, 0.717) is 6.54 Å². The van der Waals surface area contributed by atoms with Crippen molar-refractivity contribution in [1.82, 2.24) is 4.90 Å². The van der Waals surface area contributed by atoms with E-state index in [1.54, 1.807) is 18.2 Å². The first-order chi connectivity index (χ1) is 12.6. The molecule has 2 aromatic carbocycles. The van der Waals surface area contributed by atoms with E-state index in [0.717, 1.165) is 36.8 Å². The van der Waals surface area contributed by atoms with Crippen LogP contribution >= 0.6 is 0 Å². The number of rotatable bonds is 3. The van der Waals surface area contributed by atoms with Gasteiger partial charge in [-0.3, -0.25) is 10.1 Å². The van der Waals surface area contributed by atoms with E-state index in [-0.39, 0.29) is 23.4 Å². The van der Waals surface area contributed by atoms with Crippen LogP contribution in [0.2, 0.25) is 0 Å². The fourth-order valence-electron chi connectivity index (χ4n) is 3.50. The van der Waals surface area contributed by atoms with Gasteiger partial charge in [0.2, 0.25) is 0 Å². The van der Waals surface area contributed by atoms with Gasteiger partial charge in [-0.1, -0.05) is 54.8 Å². The minimum atomic E-state index is -0.476. The highest BCUT2D eigenvalue weighted by atomic mass is 16.6. The number of benzene rings is 2. The van der Waals surface area contributed by atoms with E-state index < -0.39 is 4.92 Å². The number of aryl methyl sites for hydroxylation is 1. The summed E-state index contributed by atoms with van der Waals surface area (Å²) in [6.07, 6.45) is 3.98.